The summed E-state index contributed by atoms with van der Waals surface area (Å²) >= 11 is 15.4. The second-order valence-electron chi connectivity index (χ2n) is 6.18. The number of nitrogens with one attached hydrogen (secondary N) is 1. The predicted molar refractivity (Wildman–Crippen MR) is 135 cm³/mol. The maximum Gasteiger partial charge on any atom is 0.344 e. The van der Waals surface area contributed by atoms with Gasteiger partial charge in [-0.05, 0) is 77.2 Å². The van der Waals surface area contributed by atoms with Crippen molar-refractivity contribution in [3.05, 3.63) is 54.4 Å². The summed E-state index contributed by atoms with van der Waals surface area (Å²) in [4.78, 5) is 28.8. The Morgan fingerprint density at radius 2 is 2.09 bits per heavy atom. The Morgan fingerprint density at radius 3 is 2.81 bits per heavy atom. The van der Waals surface area contributed by atoms with Crippen LogP contribution in [0.4, 0.5) is 5.69 Å². The Bertz CT molecular complexity index is 1120. The third-order valence-corrected chi connectivity index (χ3v) is 6.51. The number of benzene rings is 2. The van der Waals surface area contributed by atoms with Gasteiger partial charge in [-0.25, -0.2) is 9.79 Å². The molecule has 0 aliphatic carbocycles. The van der Waals surface area contributed by atoms with Crippen molar-refractivity contribution >= 4 is 86.4 Å². The van der Waals surface area contributed by atoms with Crippen molar-refractivity contribution < 1.29 is 23.8 Å². The van der Waals surface area contributed by atoms with Crippen LogP contribution in [-0.2, 0) is 14.3 Å². The van der Waals surface area contributed by atoms with Crippen molar-refractivity contribution in [3.63, 3.8) is 0 Å². The summed E-state index contributed by atoms with van der Waals surface area (Å²) in [6, 6.07) is 8.62. The summed E-state index contributed by atoms with van der Waals surface area (Å²) in [6.45, 7) is 1.77. The van der Waals surface area contributed by atoms with Crippen LogP contribution in [0.25, 0.3) is 6.08 Å². The molecule has 0 saturated carbocycles. The van der Waals surface area contributed by atoms with Gasteiger partial charge < -0.3 is 19.5 Å². The van der Waals surface area contributed by atoms with Crippen LogP contribution < -0.4 is 14.8 Å². The normalized spacial score (nSPS) is 15.7. The molecule has 0 atom stereocenters. The molecule has 1 fully saturated rings. The molecule has 1 N–H and O–H groups in total. The fraction of sp³-hybridized carbons (Fsp3) is 0.190. The molecule has 0 bridgehead atoms. The number of hydrogen-bond donors (Lipinski definition) is 1. The Labute approximate surface area is 212 Å². The third-order valence-electron chi connectivity index (χ3n) is 3.99. The Kier molecular flexibility index (Phi) is 8.69. The van der Waals surface area contributed by atoms with Gasteiger partial charge in [-0.15, -0.1) is 0 Å². The number of ether oxygens (including phenoxy) is 3. The van der Waals surface area contributed by atoms with E-state index in [4.69, 9.17) is 37.4 Å². The zero-order chi connectivity index (χ0) is 23.3. The molecule has 1 heterocycles. The molecule has 1 saturated heterocycles. The molecule has 2 aromatic carbocycles. The summed E-state index contributed by atoms with van der Waals surface area (Å²) in [7, 11) is 1.50. The van der Waals surface area contributed by atoms with Crippen LogP contribution in [0, 0.1) is 3.57 Å². The van der Waals surface area contributed by atoms with Crippen molar-refractivity contribution in [1.82, 2.24) is 5.32 Å². The van der Waals surface area contributed by atoms with Crippen molar-refractivity contribution in [2.75, 3.05) is 20.3 Å². The Hall–Kier alpha value is -1.95. The van der Waals surface area contributed by atoms with Crippen molar-refractivity contribution in [1.29, 1.82) is 0 Å². The highest BCUT2D eigenvalue weighted by molar-refractivity contribution is 14.1. The first-order valence-corrected chi connectivity index (χ1v) is 11.9. The molecule has 7 nitrogen and oxygen atoms in total. The first-order valence-electron chi connectivity index (χ1n) is 9.22. The quantitative estimate of drug-likeness (QED) is 0.257. The molecule has 0 unspecified atom stereocenters. The number of amidine groups is 1. The maximum absolute atomic E-state index is 12.4. The number of hydrogen-bond acceptors (Lipinski definition) is 7. The van der Waals surface area contributed by atoms with Gasteiger partial charge in [-0.1, -0.05) is 29.3 Å². The van der Waals surface area contributed by atoms with Crippen molar-refractivity contribution in [2.24, 2.45) is 4.99 Å². The van der Waals surface area contributed by atoms with Gasteiger partial charge in [-0.2, -0.15) is 0 Å². The molecule has 0 spiro atoms. The maximum atomic E-state index is 12.4. The van der Waals surface area contributed by atoms with Crippen molar-refractivity contribution in [2.45, 2.75) is 6.92 Å². The number of halogens is 3. The zero-order valence-electron chi connectivity index (χ0n) is 16.9. The van der Waals surface area contributed by atoms with E-state index >= 15 is 0 Å². The highest BCUT2D eigenvalue weighted by Crippen LogP contribution is 2.37. The molecule has 1 amide bonds. The zero-order valence-corrected chi connectivity index (χ0v) is 21.4. The van der Waals surface area contributed by atoms with Crippen LogP contribution in [0.5, 0.6) is 11.5 Å². The second-order valence-corrected chi connectivity index (χ2v) is 9.16. The van der Waals surface area contributed by atoms with E-state index in [1.54, 1.807) is 37.3 Å². The van der Waals surface area contributed by atoms with Crippen LogP contribution >= 0.6 is 57.6 Å². The smallest absolute Gasteiger partial charge is 0.344 e. The van der Waals surface area contributed by atoms with E-state index in [2.05, 4.69) is 32.9 Å². The molecule has 168 valence electrons. The number of rotatable bonds is 7. The van der Waals surface area contributed by atoms with E-state index in [0.29, 0.717) is 40.9 Å². The summed E-state index contributed by atoms with van der Waals surface area (Å²) in [6.07, 6.45) is 1.71. The van der Waals surface area contributed by atoms with Gasteiger partial charge in [0.2, 0.25) is 0 Å². The van der Waals surface area contributed by atoms with Crippen LogP contribution in [-0.4, -0.2) is 37.4 Å². The summed E-state index contributed by atoms with van der Waals surface area (Å²) in [5.74, 6) is 0.0893. The molecule has 11 heteroatoms. The highest BCUT2D eigenvalue weighted by atomic mass is 127. The Balaban J connectivity index is 1.82. The molecule has 1 aliphatic rings. The van der Waals surface area contributed by atoms with E-state index in [-0.39, 0.29) is 19.1 Å². The van der Waals surface area contributed by atoms with E-state index in [0.717, 1.165) is 5.56 Å². The average molecular weight is 607 g/mol. The van der Waals surface area contributed by atoms with Crippen LogP contribution in [0.15, 0.2) is 40.2 Å². The molecule has 0 radical (unpaired) electrons. The summed E-state index contributed by atoms with van der Waals surface area (Å²) in [5.41, 5.74) is 1.18. The lowest BCUT2D eigenvalue weighted by Crippen LogP contribution is -2.19. The monoisotopic (exact) mass is 606 g/mol. The van der Waals surface area contributed by atoms with E-state index in [9.17, 15) is 9.59 Å². The van der Waals surface area contributed by atoms with Gasteiger partial charge in [0.1, 0.15) is 0 Å². The minimum Gasteiger partial charge on any atom is -0.493 e. The second kappa shape index (κ2) is 11.3. The number of aliphatic imine (C=N–C) groups is 1. The largest absolute Gasteiger partial charge is 0.493 e. The molecular formula is C21H17Cl2IN2O5S. The lowest BCUT2D eigenvalue weighted by molar-refractivity contribution is -0.145. The van der Waals surface area contributed by atoms with Gasteiger partial charge in [0, 0.05) is 0 Å². The van der Waals surface area contributed by atoms with Crippen molar-refractivity contribution in [3.8, 4) is 11.5 Å². The minimum atomic E-state index is -0.470. The Morgan fingerprint density at radius 1 is 1.31 bits per heavy atom. The fourth-order valence-electron chi connectivity index (χ4n) is 2.62. The number of thioether (sulfide) groups is 1. The van der Waals surface area contributed by atoms with E-state index < -0.39 is 5.97 Å². The summed E-state index contributed by atoms with van der Waals surface area (Å²) < 4.78 is 16.6. The van der Waals surface area contributed by atoms with Gasteiger partial charge >= 0.3 is 5.97 Å². The highest BCUT2D eigenvalue weighted by Gasteiger charge is 2.25. The SMILES string of the molecule is CCOC(=O)COc1c(I)cc(/C=C2/SC(=Nc3cccc(Cl)c3Cl)NC2=O)cc1OC. The minimum absolute atomic E-state index is 0.231. The third kappa shape index (κ3) is 6.09. The molecule has 0 aromatic heterocycles. The fourth-order valence-corrected chi connectivity index (χ4v) is 4.57. The van der Waals surface area contributed by atoms with Gasteiger partial charge in [-0.3, -0.25) is 4.79 Å². The number of amides is 1. The van der Waals surface area contributed by atoms with Gasteiger partial charge in [0.25, 0.3) is 5.91 Å². The lowest BCUT2D eigenvalue weighted by Gasteiger charge is -2.13. The topological polar surface area (TPSA) is 86.2 Å². The predicted octanol–water partition coefficient (Wildman–Crippen LogP) is 5.44. The van der Waals surface area contributed by atoms with Crippen LogP contribution in [0.1, 0.15) is 12.5 Å². The first kappa shape index (κ1) is 24.7. The van der Waals surface area contributed by atoms with Gasteiger partial charge in [0.15, 0.2) is 23.3 Å². The number of esters is 1. The van der Waals surface area contributed by atoms with Crippen LogP contribution in [0.3, 0.4) is 0 Å². The molecule has 1 aliphatic heterocycles. The molecular weight excluding hydrogens is 590 g/mol. The summed E-state index contributed by atoms with van der Waals surface area (Å²) in [5, 5.41) is 3.80. The number of methoxy groups -OCH3 is 1. The molecule has 32 heavy (non-hydrogen) atoms. The molecule has 2 aromatic rings. The van der Waals surface area contributed by atoms with E-state index in [1.165, 1.54) is 18.9 Å². The average Bonchev–Trinajstić information content (AvgIpc) is 3.09. The first-order chi connectivity index (χ1) is 15.3. The van der Waals surface area contributed by atoms with Crippen LogP contribution in [0.2, 0.25) is 10.0 Å². The lowest BCUT2D eigenvalue weighted by atomic mass is 10.2. The van der Waals surface area contributed by atoms with E-state index in [1.807, 2.05) is 6.07 Å². The van der Waals surface area contributed by atoms with Gasteiger partial charge in [0.05, 0.1) is 37.9 Å². The number of nitrogens with zero attached hydrogens (tertiary/aromatic N) is 1. The number of carbonyl (C=O) groups excluding carboxylic acids is 2. The number of carbonyl (C=O) groups is 2. The molecule has 3 rings (SSSR count). The standard InChI is InChI=1S/C21H17Cl2IN2O5S/c1-3-30-17(27)10-31-19-13(24)7-11(8-15(19)29-2)9-16-20(28)26-21(32-16)25-14-6-4-5-12(22)18(14)23/h4-9H,3,10H2,1-2H3,(H,25,26,28)/b16-9+.